The smallest absolute Gasteiger partial charge is 0.299 e. The molecule has 0 aliphatic carbocycles. The summed E-state index contributed by atoms with van der Waals surface area (Å²) in [6.45, 7) is 6.41. The lowest BCUT2D eigenvalue weighted by Crippen LogP contribution is -2.12. The van der Waals surface area contributed by atoms with E-state index >= 15 is 0 Å². The minimum Gasteiger partial charge on any atom is -0.507 e. The number of fused-ring (bicyclic) bond motifs is 7. The van der Waals surface area contributed by atoms with E-state index in [1.807, 2.05) is 122 Å². The molecule has 0 aliphatic heterocycles. The Bertz CT molecular complexity index is 8160. The summed E-state index contributed by atoms with van der Waals surface area (Å²) in [6.07, 6.45) is 1.66. The number of hydrogen-bond donors (Lipinski definition) is 14. The summed E-state index contributed by atoms with van der Waals surface area (Å²) in [7, 11) is 0. The number of amides is 6. The molecule has 32 nitrogen and oxygen atoms in total. The highest BCUT2D eigenvalue weighted by atomic mass is 79.9. The molecule has 5 heterocycles. The number of nitrogens with one attached hydrogen (secondary N) is 4. The Kier molecular flexibility index (Phi) is 28.6. The van der Waals surface area contributed by atoms with E-state index in [1.54, 1.807) is 112 Å². The van der Waals surface area contributed by atoms with Crippen molar-refractivity contribution in [3.8, 4) is 58.1 Å². The monoisotopic (exact) mass is 2020 g/mol. The minimum absolute atomic E-state index is 0.0158. The van der Waals surface area contributed by atoms with E-state index in [0.717, 1.165) is 62.6 Å². The van der Waals surface area contributed by atoms with Crippen molar-refractivity contribution in [1.82, 2.24) is 24.1 Å². The Balaban J connectivity index is 0.000000130. The highest BCUT2D eigenvalue weighted by Gasteiger charge is 2.25. The summed E-state index contributed by atoms with van der Waals surface area (Å²) in [5.41, 5.74) is 6.61. The maximum absolute atomic E-state index is 13.4. The molecule has 0 atom stereocenters. The molecule has 19 rings (SSSR count). The molecular weight excluding hydrogens is 1950 g/mol. The molecule has 137 heavy (non-hydrogen) atoms. The molecule has 0 unspecified atom stereocenters. The number of benzene rings is 14. The number of allylic oxidation sites excluding steroid dienone is 1. The third-order valence-electron chi connectivity index (χ3n) is 21.0. The molecule has 19 aromatic rings. The zero-order valence-electron chi connectivity index (χ0n) is 71.2. The van der Waals surface area contributed by atoms with Crippen LogP contribution < -0.4 is 5.32 Å². The number of carbonyl (C=O) groups is 6. The average Bonchev–Trinajstić information content (AvgIpc) is 1.63. The van der Waals surface area contributed by atoms with Crippen molar-refractivity contribution in [3.05, 3.63) is 368 Å². The van der Waals surface area contributed by atoms with Crippen LogP contribution in [0.5, 0.6) is 58.1 Å². The zero-order valence-corrected chi connectivity index (χ0v) is 76.0. The minimum atomic E-state index is -0.836. The molecule has 0 radical (unpaired) electrons. The summed E-state index contributed by atoms with van der Waals surface area (Å²) in [4.78, 5) is 82.3. The first-order valence-electron chi connectivity index (χ1n) is 41.0. The van der Waals surface area contributed by atoms with Crippen molar-refractivity contribution < 1.29 is 84.2 Å². The van der Waals surface area contributed by atoms with Crippen LogP contribution in [0.4, 0.5) is 38.5 Å². The van der Waals surface area contributed by atoms with Gasteiger partial charge in [-0.1, -0.05) is 193 Å². The number of azo groups is 5. The van der Waals surface area contributed by atoms with Gasteiger partial charge in [-0.3, -0.25) is 28.8 Å². The SMILES string of the molecule is C=CCn1c(O)c(N=NC(=O)c2cc3ccccc3cc2O)c2ccccc21.Cc1cc(Br)cc2c(N=NC(=O)c3ccccc3O)c(O)[nH]c12.O=C(N=Nc1c(O)[nH]c2ccc(F)cc12)c1cc2ccccc2cc1O.O=C(N=Nc1c(O)n(Cc2ccccc2)c2ccc(Br)cc12)c1ccccc1O.O=C(Nc1ccc(O)c(C(=O)N=Nc2c(O)[nH]c3ccc(Br)cc23)c1)c1ccccc1. The number of anilines is 1. The fraction of sp³-hybridized carbons (Fsp3) is 0.0297. The molecule has 14 N–H and O–H groups in total. The summed E-state index contributed by atoms with van der Waals surface area (Å²) in [5.74, 6) is -6.52. The van der Waals surface area contributed by atoms with Crippen LogP contribution in [-0.4, -0.2) is 111 Å². The number of carbonyl (C=O) groups excluding carboxylic acids is 6. The maximum atomic E-state index is 13.4. The van der Waals surface area contributed by atoms with Gasteiger partial charge in [-0.15, -0.1) is 57.7 Å². The van der Waals surface area contributed by atoms with Crippen LogP contribution in [0.15, 0.2) is 368 Å². The van der Waals surface area contributed by atoms with Gasteiger partial charge in [0.05, 0.1) is 61.9 Å². The predicted molar refractivity (Wildman–Crippen MR) is 525 cm³/mol. The molecule has 14 aromatic carbocycles. The van der Waals surface area contributed by atoms with Crippen LogP contribution in [0, 0.1) is 12.7 Å². The van der Waals surface area contributed by atoms with Gasteiger partial charge in [0.25, 0.3) is 35.4 Å². The molecule has 0 aliphatic rings. The molecule has 0 bridgehead atoms. The fourth-order valence-corrected chi connectivity index (χ4v) is 15.7. The molecule has 0 saturated carbocycles. The Morgan fingerprint density at radius 2 is 0.774 bits per heavy atom. The third-order valence-corrected chi connectivity index (χ3v) is 22.5. The fourth-order valence-electron chi connectivity index (χ4n) is 14.4. The predicted octanol–water partition coefficient (Wildman–Crippen LogP) is 26.0. The first kappa shape index (κ1) is 93.9. The number of halogens is 4. The molecular formula is C101H72Br3FN16O16. The Labute approximate surface area is 798 Å². The van der Waals surface area contributed by atoms with E-state index in [2.05, 4.69) is 126 Å². The van der Waals surface area contributed by atoms with Gasteiger partial charge in [0.2, 0.25) is 29.4 Å². The highest BCUT2D eigenvalue weighted by molar-refractivity contribution is 9.11. The summed E-state index contributed by atoms with van der Waals surface area (Å²) >= 11 is 10.2. The van der Waals surface area contributed by atoms with Crippen molar-refractivity contribution in [3.63, 3.8) is 0 Å². The van der Waals surface area contributed by atoms with Crippen molar-refractivity contribution in [2.45, 2.75) is 20.0 Å². The number of aromatic nitrogens is 5. The second-order valence-corrected chi connectivity index (χ2v) is 32.8. The number of aryl methyl sites for hydroxylation is 1. The van der Waals surface area contributed by atoms with Gasteiger partial charge >= 0.3 is 0 Å². The molecule has 6 amide bonds. The second kappa shape index (κ2) is 41.8. The van der Waals surface area contributed by atoms with E-state index < -0.39 is 35.4 Å². The quantitative estimate of drug-likeness (QED) is 0.0243. The van der Waals surface area contributed by atoms with Gasteiger partial charge in [0.1, 0.15) is 34.6 Å². The number of rotatable bonds is 16. The maximum Gasteiger partial charge on any atom is 0.299 e. The van der Waals surface area contributed by atoms with E-state index in [9.17, 15) is 84.2 Å². The molecule has 36 heteroatoms. The first-order chi connectivity index (χ1) is 66.1. The number of H-pyrrole nitrogens is 3. The van der Waals surface area contributed by atoms with E-state index in [1.165, 1.54) is 78.9 Å². The first-order valence-corrected chi connectivity index (χ1v) is 43.4. The van der Waals surface area contributed by atoms with Crippen LogP contribution >= 0.6 is 47.8 Å². The van der Waals surface area contributed by atoms with E-state index in [0.29, 0.717) is 62.3 Å². The number of phenols is 5. The van der Waals surface area contributed by atoms with Crippen LogP contribution in [-0.2, 0) is 13.1 Å². The lowest BCUT2D eigenvalue weighted by atomic mass is 10.1. The zero-order chi connectivity index (χ0) is 96.8. The van der Waals surface area contributed by atoms with Gasteiger partial charge in [-0.05, 0) is 191 Å². The van der Waals surface area contributed by atoms with Crippen LogP contribution in [0.2, 0.25) is 0 Å². The standard InChI is InChI=1S/C22H15BrN4O4.C22H16BrN3O3.C22H17N3O3.C19H12FN3O3.C16H12BrN3O3/c23-13-6-8-17-15(10-13)19(22(31)25-17)26-27-21(30)16-11-14(7-9-18(16)28)24-20(29)12-4-2-1-3-5-12;23-15-10-11-18-17(12-15)20(22(29)26(18)13-14-6-2-1-3-7-14)24-25-21(28)16-8-4-5-9-19(16)27;1-2-11-25-18-10-6-5-9-16(18)20(22(25)28)23-24-21(27)17-12-14-7-3-4-8-15(14)13-19(17)26;20-12-5-6-15-13(9-12)17(19(26)21-15)22-23-18(25)14-7-10-3-1-2-4-11(10)8-16(14)24;1-8-6-9(17)7-11-13(8)18-16(23)14(11)19-20-15(22)10-4-2-3-5-12(10)21/h1-11,25,28,31H,(H,24,29);1-12,27,29H,13H2;2-10,12-13,26,28H,1,11H2;1-9,21,24,26H;2-7,18,21,23H,1H3. The topological polar surface area (TPSA) is 498 Å². The van der Waals surface area contributed by atoms with Gasteiger partial charge in [-0.2, -0.15) is 0 Å². The van der Waals surface area contributed by atoms with Gasteiger partial charge in [0.15, 0.2) is 28.4 Å². The molecule has 5 aromatic heterocycles. The number of hydrogen-bond acceptors (Lipinski definition) is 21. The summed E-state index contributed by atoms with van der Waals surface area (Å²) < 4.78 is 19.2. The molecule has 680 valence electrons. The van der Waals surface area contributed by atoms with Gasteiger partial charge in [-0.25, -0.2) is 4.39 Å². The van der Waals surface area contributed by atoms with Crippen molar-refractivity contribution in [2.24, 2.45) is 51.1 Å². The van der Waals surface area contributed by atoms with Gasteiger partial charge < -0.3 is 80.5 Å². The number of phenolic OH excluding ortho intramolecular Hbond substituents is 5. The van der Waals surface area contributed by atoms with Crippen molar-refractivity contribution in [1.29, 1.82) is 0 Å². The highest BCUT2D eigenvalue weighted by Crippen LogP contribution is 2.45. The van der Waals surface area contributed by atoms with Crippen LogP contribution in [0.3, 0.4) is 0 Å². The van der Waals surface area contributed by atoms with Crippen LogP contribution in [0.25, 0.3) is 76.1 Å². The van der Waals surface area contributed by atoms with Crippen molar-refractivity contribution in [2.75, 3.05) is 5.32 Å². The van der Waals surface area contributed by atoms with Gasteiger partial charge in [0, 0.05) is 58.1 Å². The third kappa shape index (κ3) is 21.4. The second-order valence-electron chi connectivity index (χ2n) is 30.0. The molecule has 0 fully saturated rings. The number of nitrogens with zero attached hydrogens (tertiary/aromatic N) is 12. The lowest BCUT2D eigenvalue weighted by molar-refractivity contribution is 0.0984. The number of aromatic hydroxyl groups is 10. The average molecular weight is 2020 g/mol. The van der Waals surface area contributed by atoms with E-state index in [-0.39, 0.29) is 120 Å². The van der Waals surface area contributed by atoms with E-state index in [4.69, 9.17) is 0 Å². The largest absolute Gasteiger partial charge is 0.507 e. The Morgan fingerprint density at radius 1 is 0.365 bits per heavy atom. The normalized spacial score (nSPS) is 11.4. The Hall–Kier alpha value is -17.8. The molecule has 0 saturated heterocycles. The van der Waals surface area contributed by atoms with Crippen LogP contribution in [0.1, 0.15) is 73.3 Å². The van der Waals surface area contributed by atoms with Crippen molar-refractivity contribution >= 4 is 193 Å². The summed E-state index contributed by atoms with van der Waals surface area (Å²) in [5, 5.41) is 148. The lowest BCUT2D eigenvalue weighted by Gasteiger charge is -2.07. The number of aromatic amines is 3. The Morgan fingerprint density at radius 3 is 1.32 bits per heavy atom. The number of para-hydroxylation sites is 3. The molecule has 0 spiro atoms. The summed E-state index contributed by atoms with van der Waals surface area (Å²) in [6, 6.07) is 80.9.